The molecule has 1 aromatic heterocycles. The maximum atomic E-state index is 12.5. The van der Waals surface area contributed by atoms with Crippen LogP contribution >= 0.6 is 0 Å². The van der Waals surface area contributed by atoms with E-state index in [9.17, 15) is 4.79 Å². The Balaban J connectivity index is 1.50. The Kier molecular flexibility index (Phi) is 5.90. The van der Waals surface area contributed by atoms with Crippen LogP contribution in [0, 0.1) is 12.8 Å². The van der Waals surface area contributed by atoms with Crippen LogP contribution in [0.4, 0.5) is 0 Å². The second kappa shape index (κ2) is 8.32. The van der Waals surface area contributed by atoms with Crippen LogP contribution in [-0.2, 0) is 24.2 Å². The first kappa shape index (κ1) is 17.7. The lowest BCUT2D eigenvalue weighted by Crippen LogP contribution is -2.29. The third-order valence-corrected chi connectivity index (χ3v) is 5.17. The van der Waals surface area contributed by atoms with E-state index in [0.29, 0.717) is 18.2 Å². The van der Waals surface area contributed by atoms with Gasteiger partial charge >= 0.3 is 0 Å². The van der Waals surface area contributed by atoms with Crippen molar-refractivity contribution in [2.24, 2.45) is 5.92 Å². The van der Waals surface area contributed by atoms with Gasteiger partial charge < -0.3 is 9.47 Å². The predicted octanol–water partition coefficient (Wildman–Crippen LogP) is 3.63. The van der Waals surface area contributed by atoms with Gasteiger partial charge in [0, 0.05) is 44.4 Å². The Morgan fingerprint density at radius 2 is 2.08 bits per heavy atom. The predicted molar refractivity (Wildman–Crippen MR) is 100 cm³/mol. The van der Waals surface area contributed by atoms with Crippen molar-refractivity contribution in [1.82, 2.24) is 14.5 Å². The molecule has 1 aliphatic rings. The molecule has 4 heteroatoms. The lowest BCUT2D eigenvalue weighted by atomic mass is 10.0. The first-order valence-corrected chi connectivity index (χ1v) is 9.50. The smallest absolute Gasteiger partial charge is 0.222 e. The van der Waals surface area contributed by atoms with Crippen molar-refractivity contribution in [2.75, 3.05) is 13.1 Å². The summed E-state index contributed by atoms with van der Waals surface area (Å²) in [4.78, 5) is 19.1. The minimum Gasteiger partial charge on any atom is -0.342 e. The molecule has 25 heavy (non-hydrogen) atoms. The van der Waals surface area contributed by atoms with Crippen LogP contribution in [0.15, 0.2) is 36.5 Å². The van der Waals surface area contributed by atoms with E-state index in [1.54, 1.807) is 0 Å². The van der Waals surface area contributed by atoms with E-state index in [1.807, 2.05) is 29.3 Å². The molecule has 3 rings (SSSR count). The van der Waals surface area contributed by atoms with Crippen molar-refractivity contribution < 1.29 is 4.79 Å². The van der Waals surface area contributed by atoms with Gasteiger partial charge in [0.25, 0.3) is 0 Å². The van der Waals surface area contributed by atoms with Gasteiger partial charge in [-0.05, 0) is 37.7 Å². The summed E-state index contributed by atoms with van der Waals surface area (Å²) in [5.41, 5.74) is 2.48. The van der Waals surface area contributed by atoms with Crippen molar-refractivity contribution >= 4 is 5.91 Å². The van der Waals surface area contributed by atoms with E-state index in [1.165, 1.54) is 17.1 Å². The molecule has 134 valence electrons. The molecule has 1 aromatic carbocycles. The molecule has 1 atom stereocenters. The van der Waals surface area contributed by atoms with Crippen LogP contribution in [0.25, 0.3) is 0 Å². The highest BCUT2D eigenvalue weighted by atomic mass is 16.2. The summed E-state index contributed by atoms with van der Waals surface area (Å²) >= 11 is 0. The Morgan fingerprint density at radius 3 is 2.84 bits per heavy atom. The van der Waals surface area contributed by atoms with E-state index in [2.05, 4.69) is 35.5 Å². The van der Waals surface area contributed by atoms with Crippen LogP contribution < -0.4 is 0 Å². The van der Waals surface area contributed by atoms with Crippen molar-refractivity contribution in [3.8, 4) is 0 Å². The van der Waals surface area contributed by atoms with E-state index < -0.39 is 0 Å². The topological polar surface area (TPSA) is 38.1 Å². The van der Waals surface area contributed by atoms with Crippen LogP contribution in [0.5, 0.6) is 0 Å². The molecule has 0 N–H and O–H groups in total. The van der Waals surface area contributed by atoms with E-state index in [0.717, 1.165) is 45.3 Å². The number of carbonyl (C=O) groups excluding carboxylic acids is 1. The fourth-order valence-corrected chi connectivity index (χ4v) is 3.74. The van der Waals surface area contributed by atoms with Gasteiger partial charge in [-0.3, -0.25) is 4.79 Å². The van der Waals surface area contributed by atoms with Crippen molar-refractivity contribution in [3.63, 3.8) is 0 Å². The van der Waals surface area contributed by atoms with E-state index >= 15 is 0 Å². The Labute approximate surface area is 150 Å². The maximum Gasteiger partial charge on any atom is 0.222 e. The highest BCUT2D eigenvalue weighted by molar-refractivity contribution is 5.76. The number of imidazole rings is 1. The molecular formula is C21H29N3O. The first-order chi connectivity index (χ1) is 12.2. The second-order valence-electron chi connectivity index (χ2n) is 7.15. The van der Waals surface area contributed by atoms with Crippen molar-refractivity contribution in [3.05, 3.63) is 53.6 Å². The summed E-state index contributed by atoms with van der Waals surface area (Å²) in [5, 5.41) is 0. The molecule has 1 amide bonds. The molecule has 1 unspecified atom stereocenters. The first-order valence-electron chi connectivity index (χ1n) is 9.50. The van der Waals surface area contributed by atoms with Gasteiger partial charge in [0.05, 0.1) is 0 Å². The number of carbonyl (C=O) groups is 1. The van der Waals surface area contributed by atoms with E-state index in [4.69, 9.17) is 0 Å². The number of nitrogens with zero attached hydrogens (tertiary/aromatic N) is 3. The minimum absolute atomic E-state index is 0.291. The molecule has 0 bridgehead atoms. The second-order valence-corrected chi connectivity index (χ2v) is 7.15. The highest BCUT2D eigenvalue weighted by Gasteiger charge is 2.27. The lowest BCUT2D eigenvalue weighted by Gasteiger charge is -2.17. The molecule has 0 aliphatic carbocycles. The number of hydrogen-bond acceptors (Lipinski definition) is 2. The summed E-state index contributed by atoms with van der Waals surface area (Å²) in [6, 6.07) is 10.3. The third kappa shape index (κ3) is 4.50. The molecule has 0 radical (unpaired) electrons. The van der Waals surface area contributed by atoms with Crippen molar-refractivity contribution in [2.45, 2.75) is 52.5 Å². The lowest BCUT2D eigenvalue weighted by molar-refractivity contribution is -0.130. The molecule has 2 aromatic rings. The summed E-state index contributed by atoms with van der Waals surface area (Å²) in [5.74, 6) is 2.01. The quantitative estimate of drug-likeness (QED) is 0.773. The number of amides is 1. The zero-order valence-electron chi connectivity index (χ0n) is 15.4. The molecule has 1 fully saturated rings. The van der Waals surface area contributed by atoms with Gasteiger partial charge in [0.2, 0.25) is 5.91 Å². The average molecular weight is 339 g/mol. The zero-order chi connectivity index (χ0) is 17.6. The largest absolute Gasteiger partial charge is 0.342 e. The Morgan fingerprint density at radius 1 is 1.28 bits per heavy atom. The molecule has 2 heterocycles. The van der Waals surface area contributed by atoms with Gasteiger partial charge in [0.15, 0.2) is 0 Å². The Bertz CT molecular complexity index is 692. The van der Waals surface area contributed by atoms with Gasteiger partial charge in [-0.1, -0.05) is 37.3 Å². The maximum absolute atomic E-state index is 12.5. The van der Waals surface area contributed by atoms with Gasteiger partial charge in [-0.15, -0.1) is 0 Å². The molecular weight excluding hydrogens is 310 g/mol. The van der Waals surface area contributed by atoms with Crippen LogP contribution in [0.2, 0.25) is 0 Å². The highest BCUT2D eigenvalue weighted by Crippen LogP contribution is 2.22. The Hall–Kier alpha value is -2.10. The van der Waals surface area contributed by atoms with Crippen LogP contribution in [0.1, 0.15) is 43.3 Å². The summed E-state index contributed by atoms with van der Waals surface area (Å²) in [7, 11) is 0. The fourth-order valence-electron chi connectivity index (χ4n) is 3.74. The minimum atomic E-state index is 0.291. The number of aryl methyl sites for hydroxylation is 2. The summed E-state index contributed by atoms with van der Waals surface area (Å²) in [6.45, 7) is 7.14. The summed E-state index contributed by atoms with van der Waals surface area (Å²) < 4.78 is 2.33. The standard InChI is InChI=1S/C21H29N3O/c1-3-12-24-17(2)15-22-20(24)14-19-11-13-23(16-19)21(25)10-9-18-7-5-4-6-8-18/h4-8,15,19H,3,9-14,16H2,1-2H3. The zero-order valence-corrected chi connectivity index (χ0v) is 15.4. The van der Waals surface area contributed by atoms with Gasteiger partial charge in [0.1, 0.15) is 5.82 Å². The molecule has 1 aliphatic heterocycles. The average Bonchev–Trinajstić information content (AvgIpc) is 3.23. The van der Waals surface area contributed by atoms with Crippen LogP contribution in [0.3, 0.4) is 0 Å². The van der Waals surface area contributed by atoms with Gasteiger partial charge in [-0.25, -0.2) is 4.98 Å². The molecule has 1 saturated heterocycles. The summed E-state index contributed by atoms with van der Waals surface area (Å²) in [6.07, 6.45) is 6.62. The van der Waals surface area contributed by atoms with Gasteiger partial charge in [-0.2, -0.15) is 0 Å². The SMILES string of the molecule is CCCn1c(C)cnc1CC1CCN(C(=O)CCc2ccccc2)C1. The number of aromatic nitrogens is 2. The molecule has 0 spiro atoms. The molecule has 0 saturated carbocycles. The number of hydrogen-bond donors (Lipinski definition) is 0. The van der Waals surface area contributed by atoms with E-state index in [-0.39, 0.29) is 0 Å². The normalized spacial score (nSPS) is 17.2. The number of likely N-dealkylation sites (tertiary alicyclic amines) is 1. The van der Waals surface area contributed by atoms with Crippen molar-refractivity contribution in [1.29, 1.82) is 0 Å². The molecule has 4 nitrogen and oxygen atoms in total. The monoisotopic (exact) mass is 339 g/mol. The number of rotatable bonds is 7. The number of benzene rings is 1. The third-order valence-electron chi connectivity index (χ3n) is 5.17. The fraction of sp³-hybridized carbons (Fsp3) is 0.524. The van der Waals surface area contributed by atoms with Crippen LogP contribution in [-0.4, -0.2) is 33.4 Å².